The number of ether oxygens (including phenoxy) is 2. The topological polar surface area (TPSA) is 152 Å². The number of amides is 2. The number of hydrogen-bond donors (Lipinski definition) is 3. The lowest BCUT2D eigenvalue weighted by Crippen LogP contribution is -2.33. The zero-order valence-electron chi connectivity index (χ0n) is 27.8. The van der Waals surface area contributed by atoms with E-state index in [1.54, 1.807) is 11.0 Å². The largest absolute Gasteiger partial charge is 0.573 e. The highest BCUT2D eigenvalue weighted by molar-refractivity contribution is 7.15. The summed E-state index contributed by atoms with van der Waals surface area (Å²) in [6.07, 6.45) is -3.00. The third-order valence-electron chi connectivity index (χ3n) is 7.46. The second kappa shape index (κ2) is 15.8. The molecule has 0 bridgehead atoms. The molecule has 0 fully saturated rings. The number of alkyl halides is 3. The molecule has 2 aromatic heterocycles. The summed E-state index contributed by atoms with van der Waals surface area (Å²) in [5, 5.41) is 34.0. The van der Waals surface area contributed by atoms with E-state index >= 15 is 0 Å². The molecule has 1 atom stereocenters. The standard InChI is InChI=1S/C34H38F3N7O5S/c1-33(2,3)49-32(47)44-19-23-10-7-9-22(26(23)20-44)18-29(46)38-27-15-14-24(40-41-27)11-4-5-13-30-42-43-31(50-30)39-28(45)17-21-8-6-12-25(16-21)48-34(35,36)37/h6-10,12,14-16,29,46H,4-5,11,13,17-20H2,1-3H3,(H,38,41)(H,39,43,45). The van der Waals surface area contributed by atoms with Crippen LogP contribution in [0.3, 0.4) is 0 Å². The summed E-state index contributed by atoms with van der Waals surface area (Å²) in [5.74, 6) is -0.387. The maximum Gasteiger partial charge on any atom is 0.573 e. The molecule has 12 nitrogen and oxygen atoms in total. The van der Waals surface area contributed by atoms with Gasteiger partial charge in [-0.1, -0.05) is 41.7 Å². The van der Waals surface area contributed by atoms with Crippen molar-refractivity contribution in [1.82, 2.24) is 25.3 Å². The molecule has 50 heavy (non-hydrogen) atoms. The van der Waals surface area contributed by atoms with Crippen molar-refractivity contribution in [2.45, 2.75) is 90.6 Å². The van der Waals surface area contributed by atoms with Crippen LogP contribution in [-0.2, 0) is 48.3 Å². The van der Waals surface area contributed by atoms with Gasteiger partial charge in [0.1, 0.15) is 22.6 Å². The predicted octanol–water partition coefficient (Wildman–Crippen LogP) is 6.20. The number of aryl methyl sites for hydroxylation is 2. The van der Waals surface area contributed by atoms with Crippen LogP contribution in [0.15, 0.2) is 54.6 Å². The minimum atomic E-state index is -4.81. The van der Waals surface area contributed by atoms with E-state index in [4.69, 9.17) is 4.74 Å². The molecule has 0 spiro atoms. The fourth-order valence-electron chi connectivity index (χ4n) is 5.33. The van der Waals surface area contributed by atoms with Crippen LogP contribution in [0.4, 0.5) is 28.9 Å². The van der Waals surface area contributed by atoms with Crippen molar-refractivity contribution in [3.05, 3.63) is 87.6 Å². The number of carbonyl (C=O) groups is 2. The highest BCUT2D eigenvalue weighted by Gasteiger charge is 2.31. The van der Waals surface area contributed by atoms with Crippen molar-refractivity contribution in [3.63, 3.8) is 0 Å². The first kappa shape index (κ1) is 36.5. The third kappa shape index (κ3) is 11.1. The molecule has 1 aliphatic rings. The van der Waals surface area contributed by atoms with Gasteiger partial charge in [-0.05, 0) is 86.6 Å². The fraction of sp³-hybridized carbons (Fsp3) is 0.412. The molecule has 4 aromatic rings. The number of anilines is 2. The van der Waals surface area contributed by atoms with Crippen molar-refractivity contribution >= 4 is 34.3 Å². The van der Waals surface area contributed by atoms with Crippen molar-refractivity contribution in [1.29, 1.82) is 0 Å². The number of rotatable bonds is 13. The summed E-state index contributed by atoms with van der Waals surface area (Å²) in [5.41, 5.74) is 3.56. The van der Waals surface area contributed by atoms with Gasteiger partial charge in [0.15, 0.2) is 5.82 Å². The van der Waals surface area contributed by atoms with E-state index in [0.29, 0.717) is 48.9 Å². The first-order valence-electron chi connectivity index (χ1n) is 16.0. The maximum atomic E-state index is 12.6. The molecule has 2 aromatic carbocycles. The van der Waals surface area contributed by atoms with E-state index in [2.05, 4.69) is 35.8 Å². The Labute approximate surface area is 291 Å². The monoisotopic (exact) mass is 713 g/mol. The van der Waals surface area contributed by atoms with Gasteiger partial charge in [0.25, 0.3) is 0 Å². The summed E-state index contributed by atoms with van der Waals surface area (Å²) in [7, 11) is 0. The molecule has 0 saturated heterocycles. The lowest BCUT2D eigenvalue weighted by Gasteiger charge is -2.24. The average Bonchev–Trinajstić information content (AvgIpc) is 3.66. The van der Waals surface area contributed by atoms with E-state index in [0.717, 1.165) is 46.3 Å². The third-order valence-corrected chi connectivity index (χ3v) is 8.36. The first-order valence-corrected chi connectivity index (χ1v) is 16.8. The van der Waals surface area contributed by atoms with Crippen LogP contribution < -0.4 is 15.4 Å². The van der Waals surface area contributed by atoms with Gasteiger partial charge in [-0.3, -0.25) is 9.69 Å². The van der Waals surface area contributed by atoms with Crippen molar-refractivity contribution < 1.29 is 37.3 Å². The van der Waals surface area contributed by atoms with Gasteiger partial charge < -0.3 is 25.2 Å². The molecule has 1 unspecified atom stereocenters. The number of aliphatic hydroxyl groups is 1. The minimum absolute atomic E-state index is 0.149. The molecule has 2 amide bonds. The minimum Gasteiger partial charge on any atom is -0.444 e. The Hall–Kier alpha value is -4.83. The second-order valence-electron chi connectivity index (χ2n) is 12.8. The van der Waals surface area contributed by atoms with E-state index in [-0.39, 0.29) is 12.5 Å². The Morgan fingerprint density at radius 3 is 2.50 bits per heavy atom. The molecule has 266 valence electrons. The van der Waals surface area contributed by atoms with Crippen LogP contribution in [0, 0.1) is 0 Å². The first-order chi connectivity index (χ1) is 23.7. The lowest BCUT2D eigenvalue weighted by atomic mass is 10.0. The van der Waals surface area contributed by atoms with Gasteiger partial charge >= 0.3 is 12.5 Å². The quantitative estimate of drug-likeness (QED) is 0.108. The Bertz CT molecular complexity index is 1780. The second-order valence-corrected chi connectivity index (χ2v) is 13.9. The summed E-state index contributed by atoms with van der Waals surface area (Å²) < 4.78 is 46.8. The molecular weight excluding hydrogens is 675 g/mol. The predicted molar refractivity (Wildman–Crippen MR) is 179 cm³/mol. The van der Waals surface area contributed by atoms with Gasteiger partial charge in [-0.2, -0.15) is 5.10 Å². The number of nitrogens with zero attached hydrogens (tertiary/aromatic N) is 5. The molecule has 16 heteroatoms. The van der Waals surface area contributed by atoms with Crippen LogP contribution in [0.2, 0.25) is 0 Å². The summed E-state index contributed by atoms with van der Waals surface area (Å²) in [6, 6.07) is 14.7. The van der Waals surface area contributed by atoms with Crippen LogP contribution >= 0.6 is 11.3 Å². The molecule has 1 aliphatic heterocycles. The molecule has 3 heterocycles. The van der Waals surface area contributed by atoms with Crippen molar-refractivity contribution in [3.8, 4) is 5.75 Å². The lowest BCUT2D eigenvalue weighted by molar-refractivity contribution is -0.274. The number of aromatic nitrogens is 4. The summed E-state index contributed by atoms with van der Waals surface area (Å²) in [6.45, 7) is 6.38. The number of benzene rings is 2. The highest BCUT2D eigenvalue weighted by Crippen LogP contribution is 2.29. The fourth-order valence-corrected chi connectivity index (χ4v) is 6.13. The van der Waals surface area contributed by atoms with Crippen molar-refractivity contribution in [2.24, 2.45) is 0 Å². The van der Waals surface area contributed by atoms with Gasteiger partial charge in [0.05, 0.1) is 12.1 Å². The number of aliphatic hydroxyl groups excluding tert-OH is 1. The number of carbonyl (C=O) groups excluding carboxylic acids is 2. The van der Waals surface area contributed by atoms with E-state index < -0.39 is 29.8 Å². The summed E-state index contributed by atoms with van der Waals surface area (Å²) in [4.78, 5) is 26.6. The maximum absolute atomic E-state index is 12.6. The number of nitrogens with one attached hydrogen (secondary N) is 2. The smallest absolute Gasteiger partial charge is 0.444 e. The van der Waals surface area contributed by atoms with Gasteiger partial charge in [0, 0.05) is 25.9 Å². The normalized spacial score (nSPS) is 13.5. The molecule has 0 radical (unpaired) electrons. The molecule has 3 N–H and O–H groups in total. The number of halogens is 3. The van der Waals surface area contributed by atoms with Crippen molar-refractivity contribution in [2.75, 3.05) is 10.6 Å². The van der Waals surface area contributed by atoms with E-state index in [1.807, 2.05) is 45.0 Å². The Morgan fingerprint density at radius 1 is 0.980 bits per heavy atom. The zero-order valence-corrected chi connectivity index (χ0v) is 28.6. The molecule has 0 saturated carbocycles. The van der Waals surface area contributed by atoms with Gasteiger partial charge in [0.2, 0.25) is 11.0 Å². The molecule has 5 rings (SSSR count). The SMILES string of the molecule is CC(C)(C)OC(=O)N1Cc2cccc(CC(O)Nc3ccc(CCCCc4nnc(NC(=O)Cc5cccc(OC(F)(F)F)c5)s4)nn3)c2C1. The van der Waals surface area contributed by atoms with Gasteiger partial charge in [-0.15, -0.1) is 28.5 Å². The van der Waals surface area contributed by atoms with Crippen LogP contribution in [0.1, 0.15) is 66.6 Å². The Kier molecular flexibility index (Phi) is 11.5. The average molecular weight is 714 g/mol. The Morgan fingerprint density at radius 2 is 1.76 bits per heavy atom. The summed E-state index contributed by atoms with van der Waals surface area (Å²) >= 11 is 1.24. The van der Waals surface area contributed by atoms with Crippen LogP contribution in [0.25, 0.3) is 0 Å². The van der Waals surface area contributed by atoms with Crippen LogP contribution in [-0.4, -0.2) is 60.6 Å². The van der Waals surface area contributed by atoms with E-state index in [1.165, 1.54) is 29.5 Å². The van der Waals surface area contributed by atoms with E-state index in [9.17, 15) is 27.9 Å². The number of hydrogen-bond acceptors (Lipinski definition) is 11. The molecule has 0 aliphatic carbocycles. The zero-order chi connectivity index (χ0) is 35.9. The molecular formula is C34H38F3N7O5S. The highest BCUT2D eigenvalue weighted by atomic mass is 32.1. The van der Waals surface area contributed by atoms with Crippen LogP contribution in [0.5, 0.6) is 5.75 Å². The number of fused-ring (bicyclic) bond motifs is 1. The van der Waals surface area contributed by atoms with Gasteiger partial charge in [-0.25, -0.2) is 4.79 Å². The number of unbranched alkanes of at least 4 members (excludes halogenated alkanes) is 1. The Balaban J connectivity index is 1.02.